The van der Waals surface area contributed by atoms with Gasteiger partial charge in [0, 0.05) is 25.6 Å². The van der Waals surface area contributed by atoms with Crippen LogP contribution in [-0.2, 0) is 0 Å². The molecule has 114 valence electrons. The van der Waals surface area contributed by atoms with Gasteiger partial charge in [0.05, 0.1) is 5.56 Å². The lowest BCUT2D eigenvalue weighted by Gasteiger charge is -2.33. The average molecular weight is 290 g/mol. The maximum atomic E-state index is 12.0. The molecular formula is C16H22N2O3. The third-order valence-electron chi connectivity index (χ3n) is 3.86. The predicted molar refractivity (Wildman–Crippen MR) is 80.6 cm³/mol. The van der Waals surface area contributed by atoms with Crippen LogP contribution in [0.4, 0.5) is 4.79 Å². The molecule has 1 atom stereocenters. The van der Waals surface area contributed by atoms with E-state index in [2.05, 4.69) is 5.32 Å². The van der Waals surface area contributed by atoms with Crippen molar-refractivity contribution in [2.75, 3.05) is 19.6 Å². The van der Waals surface area contributed by atoms with Crippen LogP contribution in [0.25, 0.3) is 0 Å². The molecule has 2 N–H and O–H groups in total. The Labute approximate surface area is 125 Å². The molecule has 0 unspecified atom stereocenters. The smallest absolute Gasteiger partial charge is 0.335 e. The van der Waals surface area contributed by atoms with Crippen LogP contribution in [0.5, 0.6) is 0 Å². The molecule has 5 heteroatoms. The minimum Gasteiger partial charge on any atom is -0.478 e. The van der Waals surface area contributed by atoms with Crippen LogP contribution in [0.1, 0.15) is 48.0 Å². The van der Waals surface area contributed by atoms with Crippen molar-refractivity contribution in [2.24, 2.45) is 0 Å². The van der Waals surface area contributed by atoms with Gasteiger partial charge in [0.2, 0.25) is 0 Å². The van der Waals surface area contributed by atoms with Gasteiger partial charge in [0.1, 0.15) is 0 Å². The van der Waals surface area contributed by atoms with Gasteiger partial charge in [0.15, 0.2) is 0 Å². The fourth-order valence-electron chi connectivity index (χ4n) is 2.68. The molecule has 1 aliphatic rings. The average Bonchev–Trinajstić information content (AvgIpc) is 2.52. The van der Waals surface area contributed by atoms with Crippen LogP contribution in [-0.4, -0.2) is 41.6 Å². The highest BCUT2D eigenvalue weighted by Gasteiger charge is 2.24. The number of benzene rings is 1. The summed E-state index contributed by atoms with van der Waals surface area (Å²) in [5.41, 5.74) is 1.40. The SMILES string of the molecule is CCCNC(=O)N1CCC[C@@H](c2ccc(C(=O)O)cc2)C1. The van der Waals surface area contributed by atoms with E-state index in [1.807, 2.05) is 24.0 Å². The summed E-state index contributed by atoms with van der Waals surface area (Å²) >= 11 is 0. The largest absolute Gasteiger partial charge is 0.478 e. The summed E-state index contributed by atoms with van der Waals surface area (Å²) in [4.78, 5) is 24.7. The molecule has 0 aliphatic carbocycles. The van der Waals surface area contributed by atoms with E-state index in [0.29, 0.717) is 18.7 Å². The van der Waals surface area contributed by atoms with Crippen LogP contribution >= 0.6 is 0 Å². The Balaban J connectivity index is 2.00. The molecule has 21 heavy (non-hydrogen) atoms. The Morgan fingerprint density at radius 3 is 2.67 bits per heavy atom. The van der Waals surface area contributed by atoms with Gasteiger partial charge >= 0.3 is 12.0 Å². The standard InChI is InChI=1S/C16H22N2O3/c1-2-9-17-16(21)18-10-3-4-14(11-18)12-5-7-13(8-6-12)15(19)20/h5-8,14H,2-4,9-11H2,1H3,(H,17,21)(H,19,20)/t14-/m1/s1. The van der Waals surface area contributed by atoms with E-state index in [1.165, 1.54) is 0 Å². The lowest BCUT2D eigenvalue weighted by Crippen LogP contribution is -2.45. The minimum atomic E-state index is -0.911. The first-order chi connectivity index (χ1) is 10.1. The summed E-state index contributed by atoms with van der Waals surface area (Å²) in [5, 5.41) is 11.8. The molecule has 5 nitrogen and oxygen atoms in total. The molecule has 0 radical (unpaired) electrons. The van der Waals surface area contributed by atoms with Crippen molar-refractivity contribution >= 4 is 12.0 Å². The Kier molecular flexibility index (Phi) is 5.20. The highest BCUT2D eigenvalue weighted by Crippen LogP contribution is 2.27. The van der Waals surface area contributed by atoms with Gasteiger partial charge in [-0.15, -0.1) is 0 Å². The van der Waals surface area contributed by atoms with Crippen molar-refractivity contribution < 1.29 is 14.7 Å². The first kappa shape index (κ1) is 15.4. The number of piperidine rings is 1. The number of carboxylic acids is 1. The number of nitrogens with one attached hydrogen (secondary N) is 1. The van der Waals surface area contributed by atoms with Gasteiger partial charge in [-0.2, -0.15) is 0 Å². The van der Waals surface area contributed by atoms with E-state index in [9.17, 15) is 9.59 Å². The molecule has 2 rings (SSSR count). The van der Waals surface area contributed by atoms with Crippen LogP contribution in [0.2, 0.25) is 0 Å². The second kappa shape index (κ2) is 7.11. The maximum absolute atomic E-state index is 12.0. The van der Waals surface area contributed by atoms with E-state index in [1.54, 1.807) is 12.1 Å². The first-order valence-corrected chi connectivity index (χ1v) is 7.48. The van der Waals surface area contributed by atoms with Crippen LogP contribution < -0.4 is 5.32 Å². The zero-order valence-corrected chi connectivity index (χ0v) is 12.3. The van der Waals surface area contributed by atoms with E-state index in [0.717, 1.165) is 31.4 Å². The molecule has 1 aromatic carbocycles. The highest BCUT2D eigenvalue weighted by atomic mass is 16.4. The Hall–Kier alpha value is -2.04. The van der Waals surface area contributed by atoms with Gasteiger partial charge in [-0.05, 0) is 37.0 Å². The quantitative estimate of drug-likeness (QED) is 0.895. The van der Waals surface area contributed by atoms with Crippen molar-refractivity contribution in [3.63, 3.8) is 0 Å². The second-order valence-corrected chi connectivity index (χ2v) is 5.44. The maximum Gasteiger partial charge on any atom is 0.335 e. The molecule has 0 saturated carbocycles. The number of carboxylic acid groups (broad SMARTS) is 1. The number of amides is 2. The Bertz CT molecular complexity index is 499. The topological polar surface area (TPSA) is 69.6 Å². The van der Waals surface area contributed by atoms with Gasteiger partial charge in [0.25, 0.3) is 0 Å². The molecule has 2 amide bonds. The zero-order valence-electron chi connectivity index (χ0n) is 12.3. The molecular weight excluding hydrogens is 268 g/mol. The van der Waals surface area contributed by atoms with E-state index in [4.69, 9.17) is 5.11 Å². The summed E-state index contributed by atoms with van der Waals surface area (Å²) in [5.74, 6) is -0.625. The van der Waals surface area contributed by atoms with Crippen LogP contribution in [0, 0.1) is 0 Å². The van der Waals surface area contributed by atoms with Crippen molar-refractivity contribution in [3.8, 4) is 0 Å². The number of hydrogen-bond acceptors (Lipinski definition) is 2. The predicted octanol–water partition coefficient (Wildman–Crippen LogP) is 2.68. The number of likely N-dealkylation sites (tertiary alicyclic amines) is 1. The van der Waals surface area contributed by atoms with Crippen molar-refractivity contribution in [2.45, 2.75) is 32.1 Å². The summed E-state index contributed by atoms with van der Waals surface area (Å²) in [7, 11) is 0. The van der Waals surface area contributed by atoms with Crippen molar-refractivity contribution in [1.29, 1.82) is 0 Å². The number of hydrogen-bond donors (Lipinski definition) is 2. The molecule has 0 aromatic heterocycles. The molecule has 1 heterocycles. The van der Waals surface area contributed by atoms with Gasteiger partial charge in [-0.25, -0.2) is 9.59 Å². The molecule has 1 saturated heterocycles. The summed E-state index contributed by atoms with van der Waals surface area (Å²) in [6.45, 7) is 4.22. The van der Waals surface area contributed by atoms with Crippen LogP contribution in [0.15, 0.2) is 24.3 Å². The molecule has 1 aromatic rings. The normalized spacial score (nSPS) is 18.3. The number of urea groups is 1. The van der Waals surface area contributed by atoms with Gasteiger partial charge in [-0.3, -0.25) is 0 Å². The molecule has 0 spiro atoms. The van der Waals surface area contributed by atoms with Gasteiger partial charge in [-0.1, -0.05) is 19.1 Å². The van der Waals surface area contributed by atoms with E-state index in [-0.39, 0.29) is 11.9 Å². The Morgan fingerprint density at radius 1 is 1.33 bits per heavy atom. The fourth-order valence-corrected chi connectivity index (χ4v) is 2.68. The van der Waals surface area contributed by atoms with E-state index < -0.39 is 5.97 Å². The number of carbonyl (C=O) groups is 2. The number of aromatic carboxylic acids is 1. The zero-order chi connectivity index (χ0) is 15.2. The first-order valence-electron chi connectivity index (χ1n) is 7.48. The third-order valence-corrected chi connectivity index (χ3v) is 3.86. The number of carbonyl (C=O) groups excluding carboxylic acids is 1. The van der Waals surface area contributed by atoms with E-state index >= 15 is 0 Å². The second-order valence-electron chi connectivity index (χ2n) is 5.44. The Morgan fingerprint density at radius 2 is 2.05 bits per heavy atom. The minimum absolute atomic E-state index is 0.00343. The van der Waals surface area contributed by atoms with Gasteiger partial charge < -0.3 is 15.3 Å². The lowest BCUT2D eigenvalue weighted by molar-refractivity contribution is 0.0697. The molecule has 1 aliphatic heterocycles. The third kappa shape index (κ3) is 3.97. The monoisotopic (exact) mass is 290 g/mol. The van der Waals surface area contributed by atoms with Crippen molar-refractivity contribution in [3.05, 3.63) is 35.4 Å². The summed E-state index contributed by atoms with van der Waals surface area (Å²) < 4.78 is 0. The highest BCUT2D eigenvalue weighted by molar-refractivity contribution is 5.87. The summed E-state index contributed by atoms with van der Waals surface area (Å²) in [6, 6.07) is 6.99. The fraction of sp³-hybridized carbons (Fsp3) is 0.500. The number of nitrogens with zero attached hydrogens (tertiary/aromatic N) is 1. The number of rotatable bonds is 4. The summed E-state index contributed by atoms with van der Waals surface area (Å²) in [6.07, 6.45) is 2.94. The lowest BCUT2D eigenvalue weighted by atomic mass is 9.90. The van der Waals surface area contributed by atoms with Crippen molar-refractivity contribution in [1.82, 2.24) is 10.2 Å². The molecule has 1 fully saturated rings. The molecule has 0 bridgehead atoms. The van der Waals surface area contributed by atoms with Crippen LogP contribution in [0.3, 0.4) is 0 Å².